The third-order valence-electron chi connectivity index (χ3n) is 2.33. The summed E-state index contributed by atoms with van der Waals surface area (Å²) in [6.07, 6.45) is 1.64. The number of nitriles is 1. The highest BCUT2D eigenvalue weighted by molar-refractivity contribution is 9.10. The number of hydrogen-bond donors (Lipinski definition) is 1. The monoisotopic (exact) mass is 303 g/mol. The molecule has 0 saturated heterocycles. The number of anilines is 2. The minimum absolute atomic E-state index is 0.468. The van der Waals surface area contributed by atoms with Crippen LogP contribution in [0.15, 0.2) is 41.0 Å². The van der Waals surface area contributed by atoms with Gasteiger partial charge in [0.15, 0.2) is 0 Å². The summed E-state index contributed by atoms with van der Waals surface area (Å²) in [5.41, 5.74) is 1.24. The first-order valence-electron chi connectivity index (χ1n) is 5.20. The van der Waals surface area contributed by atoms with Crippen LogP contribution in [-0.4, -0.2) is 12.1 Å². The van der Waals surface area contributed by atoms with E-state index in [1.807, 2.05) is 24.3 Å². The molecule has 1 aromatic carbocycles. The second-order valence-electron chi connectivity index (χ2n) is 3.49. The minimum Gasteiger partial charge on any atom is -0.495 e. The molecule has 0 atom stereocenters. The van der Waals surface area contributed by atoms with Crippen molar-refractivity contribution in [2.24, 2.45) is 0 Å². The molecule has 0 bridgehead atoms. The number of methoxy groups -OCH3 is 1. The summed E-state index contributed by atoms with van der Waals surface area (Å²) in [4.78, 5) is 4.18. The molecular formula is C13H10BrN3O. The topological polar surface area (TPSA) is 57.9 Å². The maximum Gasteiger partial charge on any atom is 0.148 e. The van der Waals surface area contributed by atoms with Crippen LogP contribution in [0, 0.1) is 11.3 Å². The van der Waals surface area contributed by atoms with E-state index >= 15 is 0 Å². The number of nitrogens with one attached hydrogen (secondary N) is 1. The number of aromatic nitrogens is 1. The van der Waals surface area contributed by atoms with E-state index in [0.717, 1.165) is 10.2 Å². The molecule has 0 fully saturated rings. The molecule has 1 heterocycles. The van der Waals surface area contributed by atoms with E-state index in [1.165, 1.54) is 0 Å². The van der Waals surface area contributed by atoms with Crippen LogP contribution in [-0.2, 0) is 0 Å². The Bertz CT molecular complexity index is 607. The van der Waals surface area contributed by atoms with E-state index in [2.05, 4.69) is 32.3 Å². The number of rotatable bonds is 3. The molecule has 4 nitrogen and oxygen atoms in total. The first-order chi connectivity index (χ1) is 8.74. The number of ether oxygens (including phenoxy) is 1. The number of para-hydroxylation sites is 2. The van der Waals surface area contributed by atoms with Crippen LogP contribution in [0.2, 0.25) is 0 Å². The number of hydrogen-bond acceptors (Lipinski definition) is 4. The Hall–Kier alpha value is -2.06. The van der Waals surface area contributed by atoms with Crippen LogP contribution in [0.25, 0.3) is 0 Å². The summed E-state index contributed by atoms with van der Waals surface area (Å²) in [6.45, 7) is 0. The maximum atomic E-state index is 9.07. The van der Waals surface area contributed by atoms with Crippen molar-refractivity contribution in [1.82, 2.24) is 4.98 Å². The average molecular weight is 304 g/mol. The Morgan fingerprint density at radius 2 is 2.17 bits per heavy atom. The SMILES string of the molecule is COc1ccccc1Nc1ncc(Br)cc1C#N. The van der Waals surface area contributed by atoms with E-state index in [4.69, 9.17) is 10.00 Å². The van der Waals surface area contributed by atoms with Crippen LogP contribution >= 0.6 is 15.9 Å². The van der Waals surface area contributed by atoms with Crippen LogP contribution < -0.4 is 10.1 Å². The van der Waals surface area contributed by atoms with Crippen LogP contribution in [0.1, 0.15) is 5.56 Å². The van der Waals surface area contributed by atoms with Gasteiger partial charge in [-0.2, -0.15) is 5.26 Å². The predicted molar refractivity (Wildman–Crippen MR) is 72.9 cm³/mol. The van der Waals surface area contributed by atoms with Gasteiger partial charge in [0, 0.05) is 10.7 Å². The van der Waals surface area contributed by atoms with Crippen molar-refractivity contribution in [3.63, 3.8) is 0 Å². The quantitative estimate of drug-likeness (QED) is 0.943. The van der Waals surface area contributed by atoms with Crippen LogP contribution in [0.5, 0.6) is 5.75 Å². The summed E-state index contributed by atoms with van der Waals surface area (Å²) in [7, 11) is 1.60. The summed E-state index contributed by atoms with van der Waals surface area (Å²) < 4.78 is 6.00. The highest BCUT2D eigenvalue weighted by atomic mass is 79.9. The average Bonchev–Trinajstić information content (AvgIpc) is 2.41. The molecule has 0 aliphatic heterocycles. The third kappa shape index (κ3) is 2.60. The van der Waals surface area contributed by atoms with Gasteiger partial charge in [-0.3, -0.25) is 0 Å². The van der Waals surface area contributed by atoms with Gasteiger partial charge in [0.25, 0.3) is 0 Å². The summed E-state index contributed by atoms with van der Waals surface area (Å²) >= 11 is 3.28. The number of pyridine rings is 1. The molecule has 18 heavy (non-hydrogen) atoms. The fourth-order valence-corrected chi connectivity index (χ4v) is 1.83. The van der Waals surface area contributed by atoms with Crippen LogP contribution in [0.3, 0.4) is 0 Å². The summed E-state index contributed by atoms with van der Waals surface area (Å²) in [6, 6.07) is 11.3. The second kappa shape index (κ2) is 5.52. The van der Waals surface area contributed by atoms with Crippen molar-refractivity contribution in [1.29, 1.82) is 5.26 Å². The van der Waals surface area contributed by atoms with Crippen molar-refractivity contribution in [2.75, 3.05) is 12.4 Å². The lowest BCUT2D eigenvalue weighted by molar-refractivity contribution is 0.417. The predicted octanol–water partition coefficient (Wildman–Crippen LogP) is 3.47. The highest BCUT2D eigenvalue weighted by Gasteiger charge is 2.07. The molecule has 90 valence electrons. The standard InChI is InChI=1S/C13H10BrN3O/c1-18-12-5-3-2-4-11(12)17-13-9(7-15)6-10(14)8-16-13/h2-6,8H,1H3,(H,16,17). The van der Waals surface area contributed by atoms with E-state index in [9.17, 15) is 0 Å². The third-order valence-corrected chi connectivity index (χ3v) is 2.77. The zero-order valence-electron chi connectivity index (χ0n) is 9.64. The van der Waals surface area contributed by atoms with Gasteiger partial charge in [0.1, 0.15) is 17.6 Å². The molecule has 0 saturated carbocycles. The fraction of sp³-hybridized carbons (Fsp3) is 0.0769. The molecule has 5 heteroatoms. The number of benzene rings is 1. The van der Waals surface area contributed by atoms with Gasteiger partial charge < -0.3 is 10.1 Å². The second-order valence-corrected chi connectivity index (χ2v) is 4.40. The van der Waals surface area contributed by atoms with Gasteiger partial charge in [-0.15, -0.1) is 0 Å². The minimum atomic E-state index is 0.468. The molecule has 0 aliphatic rings. The zero-order valence-corrected chi connectivity index (χ0v) is 11.2. The lowest BCUT2D eigenvalue weighted by Crippen LogP contribution is -1.98. The molecule has 0 aliphatic carbocycles. The van der Waals surface area contributed by atoms with Crippen molar-refractivity contribution >= 4 is 27.4 Å². The first kappa shape index (κ1) is 12.4. The van der Waals surface area contributed by atoms with E-state index in [-0.39, 0.29) is 0 Å². The molecule has 2 aromatic rings. The van der Waals surface area contributed by atoms with E-state index in [1.54, 1.807) is 19.4 Å². The fourth-order valence-electron chi connectivity index (χ4n) is 1.50. The molecule has 0 amide bonds. The van der Waals surface area contributed by atoms with Crippen molar-refractivity contribution in [3.8, 4) is 11.8 Å². The number of halogens is 1. The Balaban J connectivity index is 2.37. The van der Waals surface area contributed by atoms with Gasteiger partial charge in [0.2, 0.25) is 0 Å². The van der Waals surface area contributed by atoms with Gasteiger partial charge in [-0.25, -0.2) is 4.98 Å². The summed E-state index contributed by atoms with van der Waals surface area (Å²) in [5, 5.41) is 12.2. The van der Waals surface area contributed by atoms with E-state index < -0.39 is 0 Å². The molecular weight excluding hydrogens is 294 g/mol. The Labute approximate surface area is 113 Å². The van der Waals surface area contributed by atoms with Gasteiger partial charge >= 0.3 is 0 Å². The maximum absolute atomic E-state index is 9.07. The summed E-state index contributed by atoms with van der Waals surface area (Å²) in [5.74, 6) is 1.20. The van der Waals surface area contributed by atoms with Gasteiger partial charge in [-0.1, -0.05) is 12.1 Å². The van der Waals surface area contributed by atoms with E-state index in [0.29, 0.717) is 17.1 Å². The lowest BCUT2D eigenvalue weighted by atomic mass is 10.2. The van der Waals surface area contributed by atoms with Gasteiger partial charge in [-0.05, 0) is 34.1 Å². The number of nitrogens with zero attached hydrogens (tertiary/aromatic N) is 2. The normalized spacial score (nSPS) is 9.61. The molecule has 0 spiro atoms. The first-order valence-corrected chi connectivity index (χ1v) is 5.99. The van der Waals surface area contributed by atoms with Crippen molar-refractivity contribution in [3.05, 3.63) is 46.6 Å². The Morgan fingerprint density at radius 3 is 2.89 bits per heavy atom. The van der Waals surface area contributed by atoms with Gasteiger partial charge in [0.05, 0.1) is 18.4 Å². The Kier molecular flexibility index (Phi) is 3.80. The molecule has 1 N–H and O–H groups in total. The Morgan fingerprint density at radius 1 is 1.39 bits per heavy atom. The molecule has 2 rings (SSSR count). The smallest absolute Gasteiger partial charge is 0.148 e. The lowest BCUT2D eigenvalue weighted by Gasteiger charge is -2.11. The largest absolute Gasteiger partial charge is 0.495 e. The zero-order chi connectivity index (χ0) is 13.0. The molecule has 1 aromatic heterocycles. The highest BCUT2D eigenvalue weighted by Crippen LogP contribution is 2.28. The van der Waals surface area contributed by atoms with Crippen LogP contribution in [0.4, 0.5) is 11.5 Å². The van der Waals surface area contributed by atoms with Crippen molar-refractivity contribution < 1.29 is 4.74 Å². The molecule has 0 radical (unpaired) electrons. The van der Waals surface area contributed by atoms with Crippen molar-refractivity contribution in [2.45, 2.75) is 0 Å². The molecule has 0 unspecified atom stereocenters.